The number of thiophene rings is 1. The van der Waals surface area contributed by atoms with Crippen LogP contribution in [0.5, 0.6) is 0 Å². The normalized spacial score (nSPS) is 28.2. The molecule has 0 saturated carbocycles. The van der Waals surface area contributed by atoms with E-state index in [0.717, 1.165) is 28.7 Å². The number of likely N-dealkylation sites (N-methyl/N-ethyl adjacent to an activating group) is 1. The van der Waals surface area contributed by atoms with Crippen LogP contribution < -0.4 is 0 Å². The highest BCUT2D eigenvalue weighted by molar-refractivity contribution is 9.11. The van der Waals surface area contributed by atoms with Crippen LogP contribution in [0.1, 0.15) is 36.0 Å². The van der Waals surface area contributed by atoms with E-state index >= 15 is 0 Å². The first kappa shape index (κ1) is 13.6. The zero-order valence-corrected chi connectivity index (χ0v) is 13.5. The predicted octanol–water partition coefficient (Wildman–Crippen LogP) is 3.21. The van der Waals surface area contributed by atoms with Crippen molar-refractivity contribution in [3.05, 3.63) is 20.8 Å². The van der Waals surface area contributed by atoms with Gasteiger partial charge in [0.1, 0.15) is 0 Å². The lowest BCUT2D eigenvalue weighted by Crippen LogP contribution is -2.47. The minimum Gasteiger partial charge on any atom is -0.334 e. The average Bonchev–Trinajstić information content (AvgIpc) is 3.07. The Kier molecular flexibility index (Phi) is 3.96. The first-order chi connectivity index (χ1) is 9.16. The molecule has 3 rings (SSSR count). The van der Waals surface area contributed by atoms with Crippen molar-refractivity contribution in [3.63, 3.8) is 0 Å². The van der Waals surface area contributed by atoms with Gasteiger partial charge in [-0.15, -0.1) is 11.3 Å². The number of hydrogen-bond donors (Lipinski definition) is 0. The van der Waals surface area contributed by atoms with Gasteiger partial charge in [0.15, 0.2) is 0 Å². The number of likely N-dealkylation sites (tertiary alicyclic amines) is 2. The molecule has 5 heteroatoms. The second-order valence-electron chi connectivity index (χ2n) is 5.54. The predicted molar refractivity (Wildman–Crippen MR) is 81.7 cm³/mol. The maximum absolute atomic E-state index is 12.6. The van der Waals surface area contributed by atoms with Crippen LogP contribution >= 0.6 is 27.3 Å². The number of hydrogen-bond acceptors (Lipinski definition) is 3. The van der Waals surface area contributed by atoms with Crippen molar-refractivity contribution in [1.29, 1.82) is 0 Å². The molecule has 2 fully saturated rings. The van der Waals surface area contributed by atoms with E-state index in [1.165, 1.54) is 19.4 Å². The standard InChI is InChI=1S/C14H19BrN2OS/c1-16-6-2-4-11(16)12-5-3-7-17(12)14(18)10-8-13(15)19-9-10/h8-9,11-12H,2-7H2,1H3. The van der Waals surface area contributed by atoms with Gasteiger partial charge in [-0.3, -0.25) is 4.79 Å². The average molecular weight is 343 g/mol. The summed E-state index contributed by atoms with van der Waals surface area (Å²) in [7, 11) is 2.19. The van der Waals surface area contributed by atoms with Crippen LogP contribution in [0.3, 0.4) is 0 Å². The zero-order chi connectivity index (χ0) is 13.4. The van der Waals surface area contributed by atoms with Gasteiger partial charge in [0.2, 0.25) is 0 Å². The summed E-state index contributed by atoms with van der Waals surface area (Å²) < 4.78 is 1.03. The Hall–Kier alpha value is -0.390. The molecule has 0 spiro atoms. The van der Waals surface area contributed by atoms with Gasteiger partial charge >= 0.3 is 0 Å². The molecule has 2 unspecified atom stereocenters. The van der Waals surface area contributed by atoms with Crippen LogP contribution in [-0.4, -0.2) is 47.9 Å². The lowest BCUT2D eigenvalue weighted by atomic mass is 10.0. The Morgan fingerprint density at radius 3 is 2.68 bits per heavy atom. The summed E-state index contributed by atoms with van der Waals surface area (Å²) in [5, 5.41) is 1.96. The quantitative estimate of drug-likeness (QED) is 0.823. The minimum absolute atomic E-state index is 0.213. The third-order valence-corrected chi connectivity index (χ3v) is 5.90. The van der Waals surface area contributed by atoms with Crippen LogP contribution in [0.2, 0.25) is 0 Å². The molecule has 2 aliphatic rings. The molecule has 0 aliphatic carbocycles. The molecule has 1 aromatic heterocycles. The Bertz CT molecular complexity index is 476. The SMILES string of the molecule is CN1CCCC1C1CCCN1C(=O)c1csc(Br)c1. The maximum atomic E-state index is 12.6. The van der Waals surface area contributed by atoms with Crippen LogP contribution in [0.15, 0.2) is 15.2 Å². The van der Waals surface area contributed by atoms with Gasteiger partial charge in [-0.25, -0.2) is 0 Å². The van der Waals surface area contributed by atoms with E-state index in [-0.39, 0.29) is 5.91 Å². The topological polar surface area (TPSA) is 23.6 Å². The highest BCUT2D eigenvalue weighted by Gasteiger charge is 2.38. The van der Waals surface area contributed by atoms with Gasteiger partial charge in [-0.1, -0.05) is 0 Å². The molecule has 2 saturated heterocycles. The summed E-state index contributed by atoms with van der Waals surface area (Å²) in [6.07, 6.45) is 4.81. The van der Waals surface area contributed by atoms with E-state index < -0.39 is 0 Å². The maximum Gasteiger partial charge on any atom is 0.255 e. The number of carbonyl (C=O) groups excluding carboxylic acids is 1. The summed E-state index contributed by atoms with van der Waals surface area (Å²) in [4.78, 5) is 17.2. The molecular weight excluding hydrogens is 324 g/mol. The molecule has 0 bridgehead atoms. The second-order valence-corrected chi connectivity index (χ2v) is 7.83. The fourth-order valence-corrected chi connectivity index (χ4v) is 4.59. The van der Waals surface area contributed by atoms with Gasteiger partial charge in [0.25, 0.3) is 5.91 Å². The summed E-state index contributed by atoms with van der Waals surface area (Å²) in [5.74, 6) is 0.213. The van der Waals surface area contributed by atoms with Crippen LogP contribution in [-0.2, 0) is 0 Å². The number of carbonyl (C=O) groups is 1. The number of rotatable bonds is 2. The fourth-order valence-electron chi connectivity index (χ4n) is 3.45. The number of amides is 1. The first-order valence-corrected chi connectivity index (χ1v) is 8.59. The Morgan fingerprint density at radius 1 is 1.32 bits per heavy atom. The molecule has 19 heavy (non-hydrogen) atoms. The van der Waals surface area contributed by atoms with Gasteiger partial charge in [-0.05, 0) is 61.3 Å². The Balaban J connectivity index is 1.77. The molecule has 1 aromatic rings. The molecule has 0 radical (unpaired) electrons. The second kappa shape index (κ2) is 5.54. The number of halogens is 1. The van der Waals surface area contributed by atoms with Crippen molar-refractivity contribution in [2.24, 2.45) is 0 Å². The van der Waals surface area contributed by atoms with Gasteiger partial charge in [0.05, 0.1) is 9.35 Å². The van der Waals surface area contributed by atoms with Crippen molar-refractivity contribution >= 4 is 33.2 Å². The molecule has 2 aliphatic heterocycles. The summed E-state index contributed by atoms with van der Waals surface area (Å²) in [5.41, 5.74) is 0.837. The lowest BCUT2D eigenvalue weighted by Gasteiger charge is -2.33. The van der Waals surface area contributed by atoms with Crippen LogP contribution in [0.25, 0.3) is 0 Å². The van der Waals surface area contributed by atoms with Crippen LogP contribution in [0.4, 0.5) is 0 Å². The zero-order valence-electron chi connectivity index (χ0n) is 11.1. The summed E-state index contributed by atoms with van der Waals surface area (Å²) in [6.45, 7) is 2.09. The molecule has 1 amide bonds. The number of nitrogens with zero attached hydrogens (tertiary/aromatic N) is 2. The summed E-state index contributed by atoms with van der Waals surface area (Å²) >= 11 is 5.02. The smallest absolute Gasteiger partial charge is 0.255 e. The largest absolute Gasteiger partial charge is 0.334 e. The Labute approximate surface area is 126 Å². The van der Waals surface area contributed by atoms with E-state index in [1.54, 1.807) is 11.3 Å². The first-order valence-electron chi connectivity index (χ1n) is 6.92. The van der Waals surface area contributed by atoms with Crippen LogP contribution in [0, 0.1) is 0 Å². The molecule has 3 nitrogen and oxygen atoms in total. The Morgan fingerprint density at radius 2 is 2.05 bits per heavy atom. The molecule has 0 aromatic carbocycles. The van der Waals surface area contributed by atoms with Crippen molar-refractivity contribution < 1.29 is 4.79 Å². The van der Waals surface area contributed by atoms with Crippen molar-refractivity contribution in [3.8, 4) is 0 Å². The third-order valence-electron chi connectivity index (χ3n) is 4.40. The molecule has 2 atom stereocenters. The molecule has 104 valence electrons. The molecule has 3 heterocycles. The monoisotopic (exact) mass is 342 g/mol. The van der Waals surface area contributed by atoms with E-state index in [0.29, 0.717) is 12.1 Å². The van der Waals surface area contributed by atoms with E-state index in [1.807, 2.05) is 11.4 Å². The van der Waals surface area contributed by atoms with Gasteiger partial charge < -0.3 is 9.80 Å². The van der Waals surface area contributed by atoms with E-state index in [9.17, 15) is 4.79 Å². The van der Waals surface area contributed by atoms with E-state index in [4.69, 9.17) is 0 Å². The minimum atomic E-state index is 0.213. The van der Waals surface area contributed by atoms with E-state index in [2.05, 4.69) is 32.8 Å². The highest BCUT2D eigenvalue weighted by atomic mass is 79.9. The fraction of sp³-hybridized carbons (Fsp3) is 0.643. The van der Waals surface area contributed by atoms with Crippen molar-refractivity contribution in [2.75, 3.05) is 20.1 Å². The third kappa shape index (κ3) is 2.60. The highest BCUT2D eigenvalue weighted by Crippen LogP contribution is 2.31. The van der Waals surface area contributed by atoms with Crippen molar-refractivity contribution in [2.45, 2.75) is 37.8 Å². The summed E-state index contributed by atoms with van der Waals surface area (Å²) in [6, 6.07) is 2.92. The lowest BCUT2D eigenvalue weighted by molar-refractivity contribution is 0.0665. The van der Waals surface area contributed by atoms with Gasteiger partial charge in [0, 0.05) is 24.0 Å². The van der Waals surface area contributed by atoms with Gasteiger partial charge in [-0.2, -0.15) is 0 Å². The van der Waals surface area contributed by atoms with Crippen molar-refractivity contribution in [1.82, 2.24) is 9.80 Å². The molecular formula is C14H19BrN2OS. The molecule has 0 N–H and O–H groups in total.